The van der Waals surface area contributed by atoms with Gasteiger partial charge in [-0.1, -0.05) is 19.1 Å². The molecule has 0 unspecified atom stereocenters. The number of benzene rings is 1. The van der Waals surface area contributed by atoms with E-state index in [4.69, 9.17) is 10.00 Å². The molecule has 1 fully saturated rings. The first-order valence-corrected chi connectivity index (χ1v) is 9.33. The lowest BCUT2D eigenvalue weighted by atomic mass is 9.96. The van der Waals surface area contributed by atoms with Crippen LogP contribution in [0.3, 0.4) is 0 Å². The number of unbranched alkanes of at least 4 members (excludes halogenated alkanes) is 1. The van der Waals surface area contributed by atoms with Gasteiger partial charge in [0.1, 0.15) is 5.75 Å². The Labute approximate surface area is 146 Å². The minimum atomic E-state index is 0.554. The molecule has 0 amide bonds. The molecule has 4 nitrogen and oxygen atoms in total. The van der Waals surface area contributed by atoms with Gasteiger partial charge in [0.15, 0.2) is 0 Å². The molecule has 1 aliphatic rings. The van der Waals surface area contributed by atoms with Gasteiger partial charge in [-0.05, 0) is 75.5 Å². The smallest absolute Gasteiger partial charge is 0.119 e. The standard InChI is InChI=1S/C20H31N3O/c1-2-11-23-12-8-18(9-13-23)16-22-17-19-6-5-7-20(15-19)24-14-4-3-10-21/h5-7,15,18,22H,2-4,8-9,11-14,16-17H2,1H3. The number of ether oxygens (including phenoxy) is 1. The first kappa shape index (κ1) is 18.8. The Balaban J connectivity index is 1.64. The second-order valence-electron chi connectivity index (χ2n) is 6.67. The minimum absolute atomic E-state index is 0.554. The zero-order chi connectivity index (χ0) is 17.0. The fourth-order valence-corrected chi connectivity index (χ4v) is 3.24. The van der Waals surface area contributed by atoms with Crippen LogP contribution in [0.2, 0.25) is 0 Å². The van der Waals surface area contributed by atoms with E-state index < -0.39 is 0 Å². The zero-order valence-corrected chi connectivity index (χ0v) is 15.0. The molecular formula is C20H31N3O. The topological polar surface area (TPSA) is 48.3 Å². The van der Waals surface area contributed by atoms with Gasteiger partial charge in [-0.15, -0.1) is 0 Å². The summed E-state index contributed by atoms with van der Waals surface area (Å²) in [5, 5.41) is 12.1. The first-order valence-electron chi connectivity index (χ1n) is 9.33. The van der Waals surface area contributed by atoms with Crippen LogP contribution < -0.4 is 10.1 Å². The molecule has 0 radical (unpaired) electrons. The molecule has 0 bridgehead atoms. The summed E-state index contributed by atoms with van der Waals surface area (Å²) >= 11 is 0. The SMILES string of the molecule is CCCN1CCC(CNCc2cccc(OCCCC#N)c2)CC1. The number of nitrogens with one attached hydrogen (secondary N) is 1. The fraction of sp³-hybridized carbons (Fsp3) is 0.650. The highest BCUT2D eigenvalue weighted by Gasteiger charge is 2.17. The van der Waals surface area contributed by atoms with Gasteiger partial charge >= 0.3 is 0 Å². The molecule has 1 aliphatic heterocycles. The van der Waals surface area contributed by atoms with Crippen LogP contribution in [0.25, 0.3) is 0 Å². The first-order chi connectivity index (χ1) is 11.8. The Kier molecular flexibility index (Phi) is 8.65. The van der Waals surface area contributed by atoms with E-state index in [0.717, 1.165) is 31.2 Å². The van der Waals surface area contributed by atoms with E-state index >= 15 is 0 Å². The lowest BCUT2D eigenvalue weighted by molar-refractivity contribution is 0.182. The monoisotopic (exact) mass is 329 g/mol. The summed E-state index contributed by atoms with van der Waals surface area (Å²) in [6, 6.07) is 10.4. The molecule has 132 valence electrons. The number of likely N-dealkylation sites (tertiary alicyclic amines) is 1. The molecule has 1 N–H and O–H groups in total. The van der Waals surface area contributed by atoms with Gasteiger partial charge in [-0.25, -0.2) is 0 Å². The molecule has 1 saturated heterocycles. The van der Waals surface area contributed by atoms with E-state index in [-0.39, 0.29) is 0 Å². The number of nitrogens with zero attached hydrogens (tertiary/aromatic N) is 2. The van der Waals surface area contributed by atoms with Crippen molar-refractivity contribution >= 4 is 0 Å². The molecule has 1 aromatic carbocycles. The maximum atomic E-state index is 8.54. The largest absolute Gasteiger partial charge is 0.494 e. The maximum Gasteiger partial charge on any atom is 0.119 e. The summed E-state index contributed by atoms with van der Waals surface area (Å²) in [4.78, 5) is 2.59. The predicted octanol–water partition coefficient (Wildman–Crippen LogP) is 3.58. The zero-order valence-electron chi connectivity index (χ0n) is 15.0. The van der Waals surface area contributed by atoms with Crippen LogP contribution in [-0.4, -0.2) is 37.7 Å². The van der Waals surface area contributed by atoms with Crippen LogP contribution >= 0.6 is 0 Å². The highest BCUT2D eigenvalue weighted by Crippen LogP contribution is 2.17. The molecule has 0 saturated carbocycles. The maximum absolute atomic E-state index is 8.54. The van der Waals surface area contributed by atoms with Crippen LogP contribution in [0.5, 0.6) is 5.75 Å². The van der Waals surface area contributed by atoms with E-state index in [2.05, 4.69) is 35.3 Å². The van der Waals surface area contributed by atoms with Crippen molar-refractivity contribution in [2.75, 3.05) is 32.8 Å². The Bertz CT molecular complexity index is 504. The quantitative estimate of drug-likeness (QED) is 0.667. The molecule has 2 rings (SSSR count). The molecule has 1 aromatic rings. The summed E-state index contributed by atoms with van der Waals surface area (Å²) in [5.74, 6) is 1.71. The summed E-state index contributed by atoms with van der Waals surface area (Å²) in [5.41, 5.74) is 1.26. The van der Waals surface area contributed by atoms with Crippen LogP contribution in [0.15, 0.2) is 24.3 Å². The van der Waals surface area contributed by atoms with Gasteiger partial charge in [-0.3, -0.25) is 0 Å². The second-order valence-corrected chi connectivity index (χ2v) is 6.67. The molecule has 0 spiro atoms. The highest BCUT2D eigenvalue weighted by molar-refractivity contribution is 5.28. The Morgan fingerprint density at radius 2 is 2.17 bits per heavy atom. The van der Waals surface area contributed by atoms with Gasteiger partial charge in [0.05, 0.1) is 12.7 Å². The fourth-order valence-electron chi connectivity index (χ4n) is 3.24. The van der Waals surface area contributed by atoms with Crippen molar-refractivity contribution in [1.82, 2.24) is 10.2 Å². The van der Waals surface area contributed by atoms with Crippen LogP contribution in [0.1, 0.15) is 44.6 Å². The Morgan fingerprint density at radius 3 is 2.92 bits per heavy atom. The van der Waals surface area contributed by atoms with E-state index in [9.17, 15) is 0 Å². The highest BCUT2D eigenvalue weighted by atomic mass is 16.5. The van der Waals surface area contributed by atoms with Crippen molar-refractivity contribution in [3.63, 3.8) is 0 Å². The van der Waals surface area contributed by atoms with Crippen molar-refractivity contribution in [2.24, 2.45) is 5.92 Å². The van der Waals surface area contributed by atoms with Crippen LogP contribution in [0, 0.1) is 17.2 Å². The summed E-state index contributed by atoms with van der Waals surface area (Å²) < 4.78 is 5.70. The lowest BCUT2D eigenvalue weighted by Crippen LogP contribution is -2.37. The Hall–Kier alpha value is -1.57. The van der Waals surface area contributed by atoms with Crippen LogP contribution in [0.4, 0.5) is 0 Å². The van der Waals surface area contributed by atoms with E-state index in [0.29, 0.717) is 13.0 Å². The lowest BCUT2D eigenvalue weighted by Gasteiger charge is -2.31. The van der Waals surface area contributed by atoms with Crippen molar-refractivity contribution in [3.8, 4) is 11.8 Å². The number of hydrogen-bond acceptors (Lipinski definition) is 4. The molecule has 0 aliphatic carbocycles. The minimum Gasteiger partial charge on any atom is -0.494 e. The normalized spacial score (nSPS) is 16.0. The predicted molar refractivity (Wildman–Crippen MR) is 97.9 cm³/mol. The molecular weight excluding hydrogens is 298 g/mol. The summed E-state index contributed by atoms with van der Waals surface area (Å²) in [6.07, 6.45) is 5.23. The van der Waals surface area contributed by atoms with Gasteiger partial charge in [0.25, 0.3) is 0 Å². The number of rotatable bonds is 10. The molecule has 24 heavy (non-hydrogen) atoms. The summed E-state index contributed by atoms with van der Waals surface area (Å²) in [7, 11) is 0. The van der Waals surface area contributed by atoms with Crippen LogP contribution in [-0.2, 0) is 6.54 Å². The molecule has 0 atom stereocenters. The van der Waals surface area contributed by atoms with Gasteiger partial charge in [0, 0.05) is 13.0 Å². The average molecular weight is 329 g/mol. The van der Waals surface area contributed by atoms with E-state index in [1.54, 1.807) is 0 Å². The van der Waals surface area contributed by atoms with Crippen molar-refractivity contribution in [2.45, 2.75) is 45.6 Å². The van der Waals surface area contributed by atoms with E-state index in [1.165, 1.54) is 44.5 Å². The van der Waals surface area contributed by atoms with Crippen molar-refractivity contribution in [3.05, 3.63) is 29.8 Å². The number of piperidine rings is 1. The average Bonchev–Trinajstić information content (AvgIpc) is 2.61. The molecule has 4 heteroatoms. The van der Waals surface area contributed by atoms with Gasteiger partial charge < -0.3 is 15.0 Å². The Morgan fingerprint density at radius 1 is 1.33 bits per heavy atom. The van der Waals surface area contributed by atoms with Crippen molar-refractivity contribution < 1.29 is 4.74 Å². The third-order valence-electron chi connectivity index (χ3n) is 4.61. The van der Waals surface area contributed by atoms with Gasteiger partial charge in [-0.2, -0.15) is 5.26 Å². The summed E-state index contributed by atoms with van der Waals surface area (Å²) in [6.45, 7) is 8.63. The number of hydrogen-bond donors (Lipinski definition) is 1. The molecule has 1 heterocycles. The third-order valence-corrected chi connectivity index (χ3v) is 4.61. The second kappa shape index (κ2) is 11.1. The molecule has 0 aromatic heterocycles. The van der Waals surface area contributed by atoms with Gasteiger partial charge in [0.2, 0.25) is 0 Å². The third kappa shape index (κ3) is 6.90. The van der Waals surface area contributed by atoms with Crippen molar-refractivity contribution in [1.29, 1.82) is 5.26 Å². The number of nitriles is 1. The van der Waals surface area contributed by atoms with E-state index in [1.807, 2.05) is 12.1 Å².